The van der Waals surface area contributed by atoms with Crippen LogP contribution in [-0.4, -0.2) is 16.6 Å². The highest BCUT2D eigenvalue weighted by Crippen LogP contribution is 2.32. The van der Waals surface area contributed by atoms with Gasteiger partial charge < -0.3 is 15.6 Å². The first kappa shape index (κ1) is 13.6. The lowest BCUT2D eigenvalue weighted by Gasteiger charge is -2.20. The average Bonchev–Trinajstić information content (AvgIpc) is 2.81. The third kappa shape index (κ3) is 2.96. The molecule has 0 atom stereocenters. The minimum atomic E-state index is -0.344. The number of aryl methyl sites for hydroxylation is 1. The third-order valence-corrected chi connectivity index (χ3v) is 3.42. The molecule has 0 fully saturated rings. The van der Waals surface area contributed by atoms with Crippen LogP contribution in [0, 0.1) is 6.92 Å². The Morgan fingerprint density at radius 3 is 2.63 bits per heavy atom. The van der Waals surface area contributed by atoms with E-state index in [2.05, 4.69) is 10.5 Å². The molecular weight excluding hydrogens is 262 g/mol. The topological polar surface area (TPSA) is 81.2 Å². The quantitative estimate of drug-likeness (QED) is 0.885. The van der Waals surface area contributed by atoms with E-state index in [1.165, 1.54) is 0 Å². The van der Waals surface area contributed by atoms with Crippen LogP contribution in [0.4, 0.5) is 5.88 Å². The Balaban J connectivity index is 2.41. The number of thiophene rings is 1. The fourth-order valence-electron chi connectivity index (χ4n) is 1.66. The highest BCUT2D eigenvalue weighted by atomic mass is 32.1. The van der Waals surface area contributed by atoms with Gasteiger partial charge in [-0.05, 0) is 39.8 Å². The van der Waals surface area contributed by atoms with Crippen molar-refractivity contribution in [1.29, 1.82) is 0 Å². The number of carbonyl (C=O) groups excluding carboxylic acids is 1. The molecule has 2 rings (SSSR count). The van der Waals surface area contributed by atoms with Gasteiger partial charge in [-0.25, -0.2) is 0 Å². The van der Waals surface area contributed by atoms with Gasteiger partial charge in [-0.1, -0.05) is 5.16 Å². The monoisotopic (exact) mass is 279 g/mol. The number of carbonyl (C=O) groups is 1. The van der Waals surface area contributed by atoms with Crippen LogP contribution in [0.3, 0.4) is 0 Å². The number of rotatable bonds is 2. The number of hydrogen-bond donors (Lipinski definition) is 2. The molecule has 2 aromatic rings. The molecule has 0 aliphatic rings. The predicted octanol–water partition coefficient (Wildman–Crippen LogP) is 2.82. The van der Waals surface area contributed by atoms with Crippen molar-refractivity contribution < 1.29 is 9.32 Å². The van der Waals surface area contributed by atoms with Gasteiger partial charge in [0.2, 0.25) is 5.88 Å². The summed E-state index contributed by atoms with van der Waals surface area (Å²) < 4.78 is 4.97. The molecule has 0 saturated heterocycles. The van der Waals surface area contributed by atoms with Gasteiger partial charge in [-0.3, -0.25) is 4.79 Å². The number of nitrogen functional groups attached to an aromatic ring is 1. The van der Waals surface area contributed by atoms with E-state index in [0.29, 0.717) is 11.3 Å². The molecule has 0 bridgehead atoms. The van der Waals surface area contributed by atoms with Crippen molar-refractivity contribution in [2.45, 2.75) is 33.2 Å². The van der Waals surface area contributed by atoms with Crippen LogP contribution in [0.25, 0.3) is 10.6 Å². The molecule has 19 heavy (non-hydrogen) atoms. The molecule has 6 heteroatoms. The van der Waals surface area contributed by atoms with E-state index < -0.39 is 0 Å². The molecule has 0 spiro atoms. The molecule has 0 radical (unpaired) electrons. The van der Waals surface area contributed by atoms with Crippen LogP contribution in [0.15, 0.2) is 16.7 Å². The molecule has 3 N–H and O–H groups in total. The maximum absolute atomic E-state index is 12.3. The third-order valence-electron chi connectivity index (χ3n) is 2.41. The van der Waals surface area contributed by atoms with E-state index >= 15 is 0 Å². The van der Waals surface area contributed by atoms with Gasteiger partial charge in [0, 0.05) is 10.4 Å². The lowest BCUT2D eigenvalue weighted by Crippen LogP contribution is -2.40. The molecule has 2 aromatic heterocycles. The van der Waals surface area contributed by atoms with Crippen LogP contribution in [0.1, 0.15) is 36.0 Å². The Hall–Kier alpha value is -1.82. The fourth-order valence-corrected chi connectivity index (χ4v) is 2.51. The van der Waals surface area contributed by atoms with E-state index in [9.17, 15) is 4.79 Å². The molecule has 1 amide bonds. The molecule has 0 saturated carbocycles. The van der Waals surface area contributed by atoms with E-state index in [0.717, 1.165) is 9.75 Å². The molecule has 2 heterocycles. The molecule has 5 nitrogen and oxygen atoms in total. The van der Waals surface area contributed by atoms with Gasteiger partial charge in [0.1, 0.15) is 11.3 Å². The summed E-state index contributed by atoms with van der Waals surface area (Å²) >= 11 is 1.55. The lowest BCUT2D eigenvalue weighted by atomic mass is 10.1. The second-order valence-corrected chi connectivity index (χ2v) is 6.67. The van der Waals surface area contributed by atoms with E-state index in [4.69, 9.17) is 10.3 Å². The first-order chi connectivity index (χ1) is 8.78. The summed E-state index contributed by atoms with van der Waals surface area (Å²) in [6.45, 7) is 7.71. The van der Waals surface area contributed by atoms with Gasteiger partial charge in [-0.2, -0.15) is 0 Å². The lowest BCUT2D eigenvalue weighted by molar-refractivity contribution is 0.0921. The van der Waals surface area contributed by atoms with Crippen molar-refractivity contribution in [2.24, 2.45) is 0 Å². The first-order valence-corrected chi connectivity index (χ1v) is 6.74. The Morgan fingerprint density at radius 2 is 2.11 bits per heavy atom. The number of anilines is 1. The number of hydrogen-bond acceptors (Lipinski definition) is 5. The van der Waals surface area contributed by atoms with Gasteiger partial charge in [-0.15, -0.1) is 11.3 Å². The second kappa shape index (κ2) is 4.70. The maximum atomic E-state index is 12.3. The Kier molecular flexibility index (Phi) is 3.36. The fraction of sp³-hybridized carbons (Fsp3) is 0.385. The van der Waals surface area contributed by atoms with E-state index in [-0.39, 0.29) is 17.3 Å². The van der Waals surface area contributed by atoms with Crippen molar-refractivity contribution in [3.05, 3.63) is 22.6 Å². The smallest absolute Gasteiger partial charge is 0.259 e. The summed E-state index contributed by atoms with van der Waals surface area (Å²) in [6, 6.07) is 3.88. The SMILES string of the molecule is Cc1ccc(-c2noc(N)c2C(=O)NC(C)(C)C)s1. The molecule has 0 aromatic carbocycles. The standard InChI is InChI=1S/C13H17N3O2S/c1-7-5-6-8(19-7)10-9(11(14)18-16-10)12(17)15-13(2,3)4/h5-6H,14H2,1-4H3,(H,15,17). The highest BCUT2D eigenvalue weighted by molar-refractivity contribution is 7.15. The van der Waals surface area contributed by atoms with Crippen LogP contribution >= 0.6 is 11.3 Å². The largest absolute Gasteiger partial charge is 0.367 e. The molecule has 0 aliphatic carbocycles. The second-order valence-electron chi connectivity index (χ2n) is 5.38. The summed E-state index contributed by atoms with van der Waals surface area (Å²) in [5.41, 5.74) is 6.18. The molecule has 0 aliphatic heterocycles. The zero-order valence-electron chi connectivity index (χ0n) is 11.4. The summed E-state index contributed by atoms with van der Waals surface area (Å²) in [5, 5.41) is 6.76. The highest BCUT2D eigenvalue weighted by Gasteiger charge is 2.26. The van der Waals surface area contributed by atoms with Gasteiger partial charge >= 0.3 is 0 Å². The summed E-state index contributed by atoms with van der Waals surface area (Å²) in [7, 11) is 0. The van der Waals surface area contributed by atoms with Crippen molar-refractivity contribution in [3.63, 3.8) is 0 Å². The van der Waals surface area contributed by atoms with Gasteiger partial charge in [0.05, 0.1) is 4.88 Å². The Bertz CT molecular complexity index is 608. The predicted molar refractivity (Wildman–Crippen MR) is 76.2 cm³/mol. The zero-order chi connectivity index (χ0) is 14.2. The number of aromatic nitrogens is 1. The van der Waals surface area contributed by atoms with Crippen LogP contribution < -0.4 is 11.1 Å². The molecule has 102 valence electrons. The van der Waals surface area contributed by atoms with E-state index in [1.54, 1.807) is 11.3 Å². The summed E-state index contributed by atoms with van der Waals surface area (Å²) in [6.07, 6.45) is 0. The molecular formula is C13H17N3O2S. The Morgan fingerprint density at radius 1 is 1.42 bits per heavy atom. The van der Waals surface area contributed by atoms with Crippen LogP contribution in [0.2, 0.25) is 0 Å². The van der Waals surface area contributed by atoms with Gasteiger partial charge in [0.25, 0.3) is 5.91 Å². The van der Waals surface area contributed by atoms with Crippen LogP contribution in [-0.2, 0) is 0 Å². The summed E-state index contributed by atoms with van der Waals surface area (Å²) in [4.78, 5) is 14.3. The van der Waals surface area contributed by atoms with Crippen molar-refractivity contribution >= 4 is 23.1 Å². The maximum Gasteiger partial charge on any atom is 0.259 e. The first-order valence-electron chi connectivity index (χ1n) is 5.92. The number of amides is 1. The van der Waals surface area contributed by atoms with Crippen molar-refractivity contribution in [1.82, 2.24) is 10.5 Å². The van der Waals surface area contributed by atoms with Gasteiger partial charge in [0.15, 0.2) is 0 Å². The Labute approximate surface area is 115 Å². The number of nitrogens with one attached hydrogen (secondary N) is 1. The van der Waals surface area contributed by atoms with E-state index in [1.807, 2.05) is 39.8 Å². The van der Waals surface area contributed by atoms with Crippen molar-refractivity contribution in [3.8, 4) is 10.6 Å². The van der Waals surface area contributed by atoms with Crippen molar-refractivity contribution in [2.75, 3.05) is 5.73 Å². The summed E-state index contributed by atoms with van der Waals surface area (Å²) in [5.74, 6) is -0.227. The zero-order valence-corrected chi connectivity index (χ0v) is 12.2. The normalized spacial score (nSPS) is 11.6. The minimum absolute atomic E-state index is 0.0443. The number of nitrogens with two attached hydrogens (primary N) is 1. The number of nitrogens with zero attached hydrogens (tertiary/aromatic N) is 1. The average molecular weight is 279 g/mol. The minimum Gasteiger partial charge on any atom is -0.367 e. The van der Waals surface area contributed by atoms with Crippen LogP contribution in [0.5, 0.6) is 0 Å². The molecule has 0 unspecified atom stereocenters.